The third-order valence-electron chi connectivity index (χ3n) is 3.67. The molecular weight excluding hydrogens is 377 g/mol. The van der Waals surface area contributed by atoms with Gasteiger partial charge in [-0.05, 0) is 25.1 Å². The van der Waals surface area contributed by atoms with Crippen LogP contribution < -0.4 is 4.74 Å². The van der Waals surface area contributed by atoms with Crippen molar-refractivity contribution in [1.29, 1.82) is 0 Å². The van der Waals surface area contributed by atoms with Gasteiger partial charge in [-0.3, -0.25) is 14.5 Å². The van der Waals surface area contributed by atoms with Gasteiger partial charge in [-0.1, -0.05) is 53.5 Å². The Hall–Kier alpha value is -2.50. The molecule has 0 aromatic heterocycles. The average Bonchev–Trinajstić information content (AvgIpc) is 2.62. The number of rotatable bonds is 6. The van der Waals surface area contributed by atoms with Gasteiger partial charge in [0.1, 0.15) is 18.0 Å². The van der Waals surface area contributed by atoms with E-state index < -0.39 is 11.9 Å². The number of carbonyl (C=O) groups is 2. The van der Waals surface area contributed by atoms with Gasteiger partial charge in [0.15, 0.2) is 0 Å². The molecule has 7 heteroatoms. The quantitative estimate of drug-likeness (QED) is 0.694. The molecule has 0 atom stereocenters. The largest absolute Gasteiger partial charge is 0.465 e. The summed E-state index contributed by atoms with van der Waals surface area (Å²) in [6.07, 6.45) is 0. The Morgan fingerprint density at radius 2 is 1.85 bits per heavy atom. The van der Waals surface area contributed by atoms with Crippen molar-refractivity contribution < 1.29 is 19.1 Å². The molecular formula is C19H15Cl2NO4. The lowest BCUT2D eigenvalue weighted by atomic mass is 10.0. The highest BCUT2D eigenvalue weighted by Gasteiger charge is 2.41. The molecule has 0 saturated heterocycles. The molecule has 0 unspecified atom stereocenters. The zero-order valence-electron chi connectivity index (χ0n) is 13.9. The van der Waals surface area contributed by atoms with Gasteiger partial charge in [-0.15, -0.1) is 0 Å². The molecule has 5 nitrogen and oxygen atoms in total. The predicted octanol–water partition coefficient (Wildman–Crippen LogP) is 4.15. The monoisotopic (exact) mass is 391 g/mol. The summed E-state index contributed by atoms with van der Waals surface area (Å²) in [7, 11) is 0. The molecule has 0 fully saturated rings. The Bertz CT molecular complexity index is 880. The summed E-state index contributed by atoms with van der Waals surface area (Å²) in [5.41, 5.74) is 1.26. The molecule has 0 N–H and O–H groups in total. The van der Waals surface area contributed by atoms with Crippen LogP contribution in [0.2, 0.25) is 10.0 Å². The highest BCUT2D eigenvalue weighted by Crippen LogP contribution is 2.37. The van der Waals surface area contributed by atoms with Gasteiger partial charge >= 0.3 is 5.97 Å². The maximum absolute atomic E-state index is 12.5. The molecule has 2 aromatic rings. The summed E-state index contributed by atoms with van der Waals surface area (Å²) in [6, 6.07) is 13.9. The number of benzene rings is 2. The number of hydrogen-bond acceptors (Lipinski definition) is 4. The number of amides is 1. The second-order valence-electron chi connectivity index (χ2n) is 5.42. The minimum Gasteiger partial charge on any atom is -0.465 e. The smallest absolute Gasteiger partial charge is 0.326 e. The lowest BCUT2D eigenvalue weighted by molar-refractivity contribution is -0.147. The van der Waals surface area contributed by atoms with Gasteiger partial charge in [0.05, 0.1) is 11.6 Å². The first kappa shape index (κ1) is 18.3. The third-order valence-corrected chi connectivity index (χ3v) is 4.20. The van der Waals surface area contributed by atoms with Crippen LogP contribution in [0.25, 0.3) is 5.70 Å². The van der Waals surface area contributed by atoms with Gasteiger partial charge in [-0.25, -0.2) is 0 Å². The molecule has 26 heavy (non-hydrogen) atoms. The summed E-state index contributed by atoms with van der Waals surface area (Å²) in [4.78, 5) is 25.7. The van der Waals surface area contributed by atoms with E-state index in [0.717, 1.165) is 5.56 Å². The molecule has 2 aromatic carbocycles. The molecule has 1 heterocycles. The Kier molecular flexibility index (Phi) is 5.49. The van der Waals surface area contributed by atoms with Crippen molar-refractivity contribution >= 4 is 40.8 Å². The Morgan fingerprint density at radius 3 is 2.50 bits per heavy atom. The van der Waals surface area contributed by atoms with E-state index in [1.807, 2.05) is 30.3 Å². The Balaban J connectivity index is 1.95. The molecule has 1 aliphatic rings. The zero-order valence-corrected chi connectivity index (χ0v) is 15.4. The van der Waals surface area contributed by atoms with E-state index in [2.05, 4.69) is 0 Å². The van der Waals surface area contributed by atoms with Crippen LogP contribution in [0, 0.1) is 0 Å². The fourth-order valence-corrected chi connectivity index (χ4v) is 2.97. The summed E-state index contributed by atoms with van der Waals surface area (Å²) in [5.74, 6) is -0.478. The van der Waals surface area contributed by atoms with Crippen LogP contribution in [0.5, 0.6) is 5.75 Å². The molecule has 1 amide bonds. The van der Waals surface area contributed by atoms with Crippen molar-refractivity contribution in [3.63, 3.8) is 0 Å². The van der Waals surface area contributed by atoms with E-state index in [0.29, 0.717) is 16.5 Å². The number of nitrogens with zero attached hydrogens (tertiary/aromatic N) is 1. The number of halogens is 2. The van der Waals surface area contributed by atoms with Crippen LogP contribution in [0.3, 0.4) is 0 Å². The molecule has 0 aliphatic carbocycles. The Labute approximate surface area is 160 Å². The van der Waals surface area contributed by atoms with E-state index in [-0.39, 0.29) is 23.9 Å². The van der Waals surface area contributed by atoms with E-state index in [1.165, 1.54) is 11.0 Å². The second-order valence-corrected chi connectivity index (χ2v) is 6.26. The fraction of sp³-hybridized carbons (Fsp3) is 0.158. The lowest BCUT2D eigenvalue weighted by Crippen LogP contribution is -2.46. The van der Waals surface area contributed by atoms with E-state index in [4.69, 9.17) is 32.7 Å². The normalized spacial score (nSPS) is 13.5. The minimum atomic E-state index is -0.488. The van der Waals surface area contributed by atoms with Crippen molar-refractivity contribution in [3.05, 3.63) is 69.9 Å². The molecule has 0 spiro atoms. The van der Waals surface area contributed by atoms with Gasteiger partial charge in [0.25, 0.3) is 5.91 Å². The molecule has 0 radical (unpaired) electrons. The maximum atomic E-state index is 12.5. The van der Waals surface area contributed by atoms with Crippen LogP contribution in [-0.4, -0.2) is 29.9 Å². The predicted molar refractivity (Wildman–Crippen MR) is 98.8 cm³/mol. The molecule has 1 aliphatic heterocycles. The average molecular weight is 392 g/mol. The van der Waals surface area contributed by atoms with Crippen molar-refractivity contribution in [3.8, 4) is 5.75 Å². The Morgan fingerprint density at radius 1 is 1.12 bits per heavy atom. The van der Waals surface area contributed by atoms with Crippen molar-refractivity contribution in [2.75, 3.05) is 13.2 Å². The SMILES string of the molecule is CCOC(=O)CN1C(=O)C(Oc2ccc(Cl)cc2Cl)=C1c1ccccc1. The van der Waals surface area contributed by atoms with E-state index in [1.54, 1.807) is 19.1 Å². The van der Waals surface area contributed by atoms with Crippen molar-refractivity contribution in [1.82, 2.24) is 4.90 Å². The van der Waals surface area contributed by atoms with E-state index in [9.17, 15) is 9.59 Å². The molecule has 3 rings (SSSR count). The number of esters is 1. The molecule has 134 valence electrons. The summed E-state index contributed by atoms with van der Waals surface area (Å²) >= 11 is 12.0. The van der Waals surface area contributed by atoms with Gasteiger partial charge in [0, 0.05) is 10.6 Å². The summed E-state index contributed by atoms with van der Waals surface area (Å²) < 4.78 is 10.7. The fourth-order valence-electron chi connectivity index (χ4n) is 2.52. The van der Waals surface area contributed by atoms with Crippen LogP contribution in [0.15, 0.2) is 54.3 Å². The highest BCUT2D eigenvalue weighted by atomic mass is 35.5. The number of ether oxygens (including phenoxy) is 2. The van der Waals surface area contributed by atoms with Crippen molar-refractivity contribution in [2.45, 2.75) is 6.92 Å². The lowest BCUT2D eigenvalue weighted by Gasteiger charge is -2.35. The zero-order chi connectivity index (χ0) is 18.7. The van der Waals surface area contributed by atoms with E-state index >= 15 is 0 Å². The van der Waals surface area contributed by atoms with Crippen LogP contribution in [-0.2, 0) is 14.3 Å². The van der Waals surface area contributed by atoms with Crippen molar-refractivity contribution in [2.24, 2.45) is 0 Å². The molecule has 0 bridgehead atoms. The first-order valence-corrected chi connectivity index (χ1v) is 8.67. The van der Waals surface area contributed by atoms with Crippen LogP contribution >= 0.6 is 23.2 Å². The van der Waals surface area contributed by atoms with Gasteiger partial charge in [-0.2, -0.15) is 0 Å². The summed E-state index contributed by atoms with van der Waals surface area (Å²) in [6.45, 7) is 1.77. The first-order chi connectivity index (χ1) is 12.5. The van der Waals surface area contributed by atoms with Crippen LogP contribution in [0.4, 0.5) is 0 Å². The summed E-state index contributed by atoms with van der Waals surface area (Å²) in [5, 5.41) is 0.748. The third kappa shape index (κ3) is 3.69. The topological polar surface area (TPSA) is 55.8 Å². The minimum absolute atomic E-state index is 0.115. The van der Waals surface area contributed by atoms with Crippen LogP contribution in [0.1, 0.15) is 12.5 Å². The van der Waals surface area contributed by atoms with Gasteiger partial charge in [0.2, 0.25) is 5.76 Å². The first-order valence-electron chi connectivity index (χ1n) is 7.91. The number of hydrogen-bond donors (Lipinski definition) is 0. The molecule has 0 saturated carbocycles. The second kappa shape index (κ2) is 7.81. The van der Waals surface area contributed by atoms with Gasteiger partial charge < -0.3 is 9.47 Å². The maximum Gasteiger partial charge on any atom is 0.326 e. The number of carbonyl (C=O) groups excluding carboxylic acids is 2. The highest BCUT2D eigenvalue weighted by molar-refractivity contribution is 6.35. The standard InChI is InChI=1S/C19H15Cl2NO4/c1-2-25-16(23)11-22-17(12-6-4-3-5-7-12)18(19(22)24)26-15-9-8-13(20)10-14(15)21/h3-10H,2,11H2,1H3.